The Morgan fingerprint density at radius 1 is 1.29 bits per heavy atom. The summed E-state index contributed by atoms with van der Waals surface area (Å²) in [6.45, 7) is 2.63. The van der Waals surface area contributed by atoms with Crippen LogP contribution in [0.4, 0.5) is 5.82 Å². The molecule has 0 atom stereocenters. The molecule has 1 N–H and O–H groups in total. The molecule has 0 unspecified atom stereocenters. The van der Waals surface area contributed by atoms with Crippen LogP contribution in [0.15, 0.2) is 36.4 Å². The maximum atomic E-state index is 12.3. The van der Waals surface area contributed by atoms with Gasteiger partial charge in [0.05, 0.1) is 12.2 Å². The summed E-state index contributed by atoms with van der Waals surface area (Å²) in [7, 11) is 0. The number of carbonyl (C=O) groups is 1. The quantitative estimate of drug-likeness (QED) is 0.935. The maximum Gasteiger partial charge on any atom is 0.228 e. The molecule has 1 aromatic carbocycles. The van der Waals surface area contributed by atoms with Gasteiger partial charge in [0, 0.05) is 12.0 Å². The lowest BCUT2D eigenvalue weighted by Crippen LogP contribution is -2.22. The van der Waals surface area contributed by atoms with Gasteiger partial charge in [0.25, 0.3) is 0 Å². The molecule has 1 aromatic heterocycles. The van der Waals surface area contributed by atoms with Gasteiger partial charge in [-0.25, -0.2) is 4.68 Å². The van der Waals surface area contributed by atoms with E-state index in [4.69, 9.17) is 0 Å². The molecule has 1 heterocycles. The second kappa shape index (κ2) is 6.12. The molecule has 4 heteroatoms. The smallest absolute Gasteiger partial charge is 0.228 e. The summed E-state index contributed by atoms with van der Waals surface area (Å²) in [4.78, 5) is 12.3. The molecule has 1 aliphatic carbocycles. The van der Waals surface area contributed by atoms with E-state index in [1.807, 2.05) is 35.9 Å². The van der Waals surface area contributed by atoms with Crippen LogP contribution in [0, 0.1) is 12.8 Å². The van der Waals surface area contributed by atoms with Crippen LogP contribution in [0.1, 0.15) is 36.9 Å². The van der Waals surface area contributed by atoms with Crippen LogP contribution in [0.3, 0.4) is 0 Å². The molecular formula is C17H21N3O. The predicted octanol–water partition coefficient (Wildman–Crippen LogP) is 3.37. The zero-order chi connectivity index (χ0) is 14.7. The molecule has 4 nitrogen and oxygen atoms in total. The summed E-state index contributed by atoms with van der Waals surface area (Å²) in [5.41, 5.74) is 2.10. The van der Waals surface area contributed by atoms with Crippen LogP contribution in [0.5, 0.6) is 0 Å². The van der Waals surface area contributed by atoms with E-state index in [2.05, 4.69) is 22.5 Å². The van der Waals surface area contributed by atoms with Crippen molar-refractivity contribution < 1.29 is 4.79 Å². The summed E-state index contributed by atoms with van der Waals surface area (Å²) in [5.74, 6) is 1.11. The number of carbonyl (C=O) groups excluding carboxylic acids is 1. The van der Waals surface area contributed by atoms with Crippen molar-refractivity contribution in [3.8, 4) is 0 Å². The first-order valence-electron chi connectivity index (χ1n) is 7.61. The van der Waals surface area contributed by atoms with Crippen molar-refractivity contribution in [2.24, 2.45) is 5.92 Å². The minimum atomic E-state index is 0.140. The van der Waals surface area contributed by atoms with Gasteiger partial charge in [-0.2, -0.15) is 5.10 Å². The van der Waals surface area contributed by atoms with E-state index >= 15 is 0 Å². The first-order chi connectivity index (χ1) is 10.2. The van der Waals surface area contributed by atoms with E-state index in [0.29, 0.717) is 6.54 Å². The third kappa shape index (κ3) is 3.32. The molecule has 21 heavy (non-hydrogen) atoms. The van der Waals surface area contributed by atoms with Crippen LogP contribution < -0.4 is 5.32 Å². The lowest BCUT2D eigenvalue weighted by molar-refractivity contribution is -0.119. The van der Waals surface area contributed by atoms with Crippen molar-refractivity contribution in [2.45, 2.75) is 39.2 Å². The van der Waals surface area contributed by atoms with E-state index in [0.717, 1.165) is 24.4 Å². The first kappa shape index (κ1) is 13.9. The van der Waals surface area contributed by atoms with E-state index in [-0.39, 0.29) is 11.8 Å². The Kier molecular flexibility index (Phi) is 4.04. The SMILES string of the molecule is Cc1cc(NC(=O)C2CCCC2)n(Cc2ccccc2)n1. The topological polar surface area (TPSA) is 46.9 Å². The minimum Gasteiger partial charge on any atom is -0.311 e. The Morgan fingerprint density at radius 3 is 2.71 bits per heavy atom. The molecule has 0 aliphatic heterocycles. The van der Waals surface area contributed by atoms with Gasteiger partial charge in [-0.05, 0) is 25.3 Å². The van der Waals surface area contributed by atoms with Gasteiger partial charge >= 0.3 is 0 Å². The third-order valence-electron chi connectivity index (χ3n) is 4.05. The molecule has 1 amide bonds. The van der Waals surface area contributed by atoms with Gasteiger partial charge in [-0.15, -0.1) is 0 Å². The molecule has 0 bridgehead atoms. The normalized spacial score (nSPS) is 15.3. The Morgan fingerprint density at radius 2 is 2.00 bits per heavy atom. The highest BCUT2D eigenvalue weighted by Gasteiger charge is 2.23. The summed E-state index contributed by atoms with van der Waals surface area (Å²) in [6.07, 6.45) is 4.36. The molecule has 0 spiro atoms. The minimum absolute atomic E-state index is 0.140. The van der Waals surface area contributed by atoms with Crippen LogP contribution in [0.25, 0.3) is 0 Å². The average Bonchev–Trinajstić information content (AvgIpc) is 3.11. The fourth-order valence-corrected chi connectivity index (χ4v) is 2.94. The predicted molar refractivity (Wildman–Crippen MR) is 83.1 cm³/mol. The number of hydrogen-bond donors (Lipinski definition) is 1. The second-order valence-electron chi connectivity index (χ2n) is 5.78. The third-order valence-corrected chi connectivity index (χ3v) is 4.05. The highest BCUT2D eigenvalue weighted by molar-refractivity contribution is 5.92. The van der Waals surface area contributed by atoms with Crippen molar-refractivity contribution in [2.75, 3.05) is 5.32 Å². The van der Waals surface area contributed by atoms with Crippen LogP contribution in [-0.4, -0.2) is 15.7 Å². The molecule has 3 rings (SSSR count). The van der Waals surface area contributed by atoms with Crippen molar-refractivity contribution in [3.63, 3.8) is 0 Å². The Balaban J connectivity index is 1.74. The number of aryl methyl sites for hydroxylation is 1. The van der Waals surface area contributed by atoms with Crippen molar-refractivity contribution in [1.29, 1.82) is 0 Å². The zero-order valence-corrected chi connectivity index (χ0v) is 12.4. The summed E-state index contributed by atoms with van der Waals surface area (Å²) < 4.78 is 1.87. The maximum absolute atomic E-state index is 12.3. The monoisotopic (exact) mass is 283 g/mol. The Labute approximate surface area is 125 Å². The van der Waals surface area contributed by atoms with Gasteiger partial charge in [0.1, 0.15) is 5.82 Å². The van der Waals surface area contributed by atoms with Crippen LogP contribution in [-0.2, 0) is 11.3 Å². The summed E-state index contributed by atoms with van der Waals surface area (Å²) >= 11 is 0. The Hall–Kier alpha value is -2.10. The van der Waals surface area contributed by atoms with Crippen LogP contribution >= 0.6 is 0 Å². The van der Waals surface area contributed by atoms with E-state index in [1.54, 1.807) is 0 Å². The lowest BCUT2D eigenvalue weighted by Gasteiger charge is -2.12. The van der Waals surface area contributed by atoms with Gasteiger partial charge in [-0.1, -0.05) is 43.2 Å². The number of aromatic nitrogens is 2. The number of hydrogen-bond acceptors (Lipinski definition) is 2. The fourth-order valence-electron chi connectivity index (χ4n) is 2.94. The van der Waals surface area contributed by atoms with Crippen LogP contribution in [0.2, 0.25) is 0 Å². The number of benzene rings is 1. The molecule has 1 fully saturated rings. The number of nitrogens with zero attached hydrogens (tertiary/aromatic N) is 2. The number of nitrogens with one attached hydrogen (secondary N) is 1. The molecule has 0 radical (unpaired) electrons. The highest BCUT2D eigenvalue weighted by atomic mass is 16.2. The second-order valence-corrected chi connectivity index (χ2v) is 5.78. The van der Waals surface area contributed by atoms with Gasteiger partial charge in [0.2, 0.25) is 5.91 Å². The van der Waals surface area contributed by atoms with E-state index in [9.17, 15) is 4.79 Å². The molecule has 1 aliphatic rings. The lowest BCUT2D eigenvalue weighted by atomic mass is 10.1. The largest absolute Gasteiger partial charge is 0.311 e. The summed E-state index contributed by atoms with van der Waals surface area (Å²) in [6, 6.07) is 12.1. The Bertz CT molecular complexity index is 612. The zero-order valence-electron chi connectivity index (χ0n) is 12.4. The van der Waals surface area contributed by atoms with Crippen molar-refractivity contribution in [3.05, 3.63) is 47.7 Å². The number of rotatable bonds is 4. The van der Waals surface area contributed by atoms with Crippen molar-refractivity contribution in [1.82, 2.24) is 9.78 Å². The average molecular weight is 283 g/mol. The van der Waals surface area contributed by atoms with Gasteiger partial charge in [-0.3, -0.25) is 4.79 Å². The molecular weight excluding hydrogens is 262 g/mol. The van der Waals surface area contributed by atoms with Gasteiger partial charge in [0.15, 0.2) is 0 Å². The summed E-state index contributed by atoms with van der Waals surface area (Å²) in [5, 5.41) is 7.54. The molecule has 1 saturated carbocycles. The molecule has 110 valence electrons. The molecule has 0 saturated heterocycles. The number of amides is 1. The molecule has 2 aromatic rings. The van der Waals surface area contributed by atoms with Crippen molar-refractivity contribution >= 4 is 11.7 Å². The standard InChI is InChI=1S/C17H21N3O/c1-13-11-16(18-17(21)15-9-5-6-10-15)20(19-13)12-14-7-3-2-4-8-14/h2-4,7-8,11,15H,5-6,9-10,12H2,1H3,(H,18,21). The highest BCUT2D eigenvalue weighted by Crippen LogP contribution is 2.26. The van der Waals surface area contributed by atoms with E-state index < -0.39 is 0 Å². The number of anilines is 1. The van der Waals surface area contributed by atoms with Gasteiger partial charge < -0.3 is 5.32 Å². The fraction of sp³-hybridized carbons (Fsp3) is 0.412. The first-order valence-corrected chi connectivity index (χ1v) is 7.61. The van der Waals surface area contributed by atoms with E-state index in [1.165, 1.54) is 18.4 Å².